The Hall–Kier alpha value is -0.890. The van der Waals surface area contributed by atoms with Gasteiger partial charge in [0, 0.05) is 11.9 Å². The average molecular weight is 178 g/mol. The molecule has 2 nitrogen and oxygen atoms in total. The number of nitrogens with two attached hydrogens (primary N) is 1. The molecule has 1 heterocycles. The molecule has 1 atom stereocenters. The van der Waals surface area contributed by atoms with Gasteiger partial charge in [-0.1, -0.05) is 13.8 Å². The Morgan fingerprint density at radius 2 is 2.15 bits per heavy atom. The van der Waals surface area contributed by atoms with Crippen LogP contribution in [0.25, 0.3) is 0 Å². The second-order valence-corrected chi connectivity index (χ2v) is 3.82. The maximum atomic E-state index is 5.74. The van der Waals surface area contributed by atoms with Crippen LogP contribution in [0.1, 0.15) is 31.0 Å². The van der Waals surface area contributed by atoms with Gasteiger partial charge >= 0.3 is 0 Å². The summed E-state index contributed by atoms with van der Waals surface area (Å²) >= 11 is 0. The monoisotopic (exact) mass is 178 g/mol. The van der Waals surface area contributed by atoms with Crippen molar-refractivity contribution in [2.75, 3.05) is 6.54 Å². The Morgan fingerprint density at radius 3 is 2.62 bits per heavy atom. The van der Waals surface area contributed by atoms with E-state index in [1.54, 1.807) is 0 Å². The van der Waals surface area contributed by atoms with Crippen LogP contribution in [0.5, 0.6) is 0 Å². The fourth-order valence-electron chi connectivity index (χ4n) is 1.59. The molecule has 0 fully saturated rings. The molecule has 0 radical (unpaired) electrons. The van der Waals surface area contributed by atoms with Crippen LogP contribution in [0.15, 0.2) is 18.3 Å². The van der Waals surface area contributed by atoms with E-state index in [4.69, 9.17) is 5.73 Å². The molecule has 72 valence electrons. The minimum atomic E-state index is 0.460. The van der Waals surface area contributed by atoms with Crippen molar-refractivity contribution in [3.63, 3.8) is 0 Å². The lowest BCUT2D eigenvalue weighted by atomic mass is 9.89. The van der Waals surface area contributed by atoms with Crippen LogP contribution in [0, 0.1) is 12.8 Å². The molecule has 0 bridgehead atoms. The molecule has 0 saturated carbocycles. The van der Waals surface area contributed by atoms with Crippen molar-refractivity contribution >= 4 is 0 Å². The second kappa shape index (κ2) is 4.38. The van der Waals surface area contributed by atoms with E-state index in [9.17, 15) is 0 Å². The number of nitrogens with zero attached hydrogens (tertiary/aromatic N) is 1. The second-order valence-electron chi connectivity index (χ2n) is 3.82. The summed E-state index contributed by atoms with van der Waals surface area (Å²) in [5.41, 5.74) is 8.11. The summed E-state index contributed by atoms with van der Waals surface area (Å²) in [4.78, 5) is 4.18. The van der Waals surface area contributed by atoms with E-state index in [2.05, 4.69) is 31.0 Å². The molecule has 1 aromatic rings. The van der Waals surface area contributed by atoms with Gasteiger partial charge < -0.3 is 5.73 Å². The first kappa shape index (κ1) is 10.2. The summed E-state index contributed by atoms with van der Waals surface area (Å²) in [7, 11) is 0. The Bertz CT molecular complexity index is 269. The Morgan fingerprint density at radius 1 is 1.46 bits per heavy atom. The zero-order chi connectivity index (χ0) is 9.84. The van der Waals surface area contributed by atoms with Crippen molar-refractivity contribution < 1.29 is 0 Å². The highest BCUT2D eigenvalue weighted by molar-refractivity contribution is 5.20. The first-order valence-electron chi connectivity index (χ1n) is 4.77. The summed E-state index contributed by atoms with van der Waals surface area (Å²) in [6.45, 7) is 7.12. The van der Waals surface area contributed by atoms with E-state index in [1.807, 2.05) is 13.1 Å². The number of hydrogen-bond donors (Lipinski definition) is 1. The van der Waals surface area contributed by atoms with Crippen LogP contribution in [-0.4, -0.2) is 11.5 Å². The summed E-state index contributed by atoms with van der Waals surface area (Å²) in [6.07, 6.45) is 1.86. The quantitative estimate of drug-likeness (QED) is 0.769. The number of pyridine rings is 1. The average Bonchev–Trinajstić information content (AvgIpc) is 2.04. The van der Waals surface area contributed by atoms with Crippen molar-refractivity contribution in [1.29, 1.82) is 0 Å². The molecule has 13 heavy (non-hydrogen) atoms. The summed E-state index contributed by atoms with van der Waals surface area (Å²) in [5.74, 6) is 1.05. The molecule has 0 spiro atoms. The van der Waals surface area contributed by atoms with Gasteiger partial charge in [-0.2, -0.15) is 0 Å². The van der Waals surface area contributed by atoms with Crippen molar-refractivity contribution in [2.24, 2.45) is 11.7 Å². The van der Waals surface area contributed by atoms with Gasteiger partial charge in [-0.15, -0.1) is 0 Å². The van der Waals surface area contributed by atoms with Gasteiger partial charge in [0.05, 0.1) is 0 Å². The molecule has 1 unspecified atom stereocenters. The topological polar surface area (TPSA) is 38.9 Å². The van der Waals surface area contributed by atoms with Gasteiger partial charge in [0.1, 0.15) is 0 Å². The highest BCUT2D eigenvalue weighted by Crippen LogP contribution is 2.22. The van der Waals surface area contributed by atoms with Crippen molar-refractivity contribution in [1.82, 2.24) is 4.98 Å². The summed E-state index contributed by atoms with van der Waals surface area (Å²) in [5, 5.41) is 0. The first-order valence-corrected chi connectivity index (χ1v) is 4.77. The van der Waals surface area contributed by atoms with Crippen LogP contribution in [0.3, 0.4) is 0 Å². The normalized spacial score (nSPS) is 13.3. The van der Waals surface area contributed by atoms with Crippen LogP contribution >= 0.6 is 0 Å². The predicted octanol–water partition coefficient (Wildman–Crippen LogP) is 2.09. The number of aromatic nitrogens is 1. The Kier molecular flexibility index (Phi) is 3.43. The molecule has 2 N–H and O–H groups in total. The van der Waals surface area contributed by atoms with Crippen molar-refractivity contribution in [2.45, 2.75) is 26.7 Å². The van der Waals surface area contributed by atoms with Crippen molar-refractivity contribution in [3.05, 3.63) is 29.6 Å². The van der Waals surface area contributed by atoms with E-state index >= 15 is 0 Å². The zero-order valence-electron chi connectivity index (χ0n) is 8.62. The van der Waals surface area contributed by atoms with Crippen molar-refractivity contribution in [3.8, 4) is 0 Å². The third kappa shape index (κ3) is 2.52. The van der Waals surface area contributed by atoms with Gasteiger partial charge in [-0.05, 0) is 43.0 Å². The lowest BCUT2D eigenvalue weighted by molar-refractivity contribution is 0.505. The number of rotatable bonds is 3. The van der Waals surface area contributed by atoms with Gasteiger partial charge in [-0.3, -0.25) is 4.98 Å². The lowest BCUT2D eigenvalue weighted by Crippen LogP contribution is -2.17. The molecule has 1 rings (SSSR count). The third-order valence-electron chi connectivity index (χ3n) is 2.41. The number of aryl methyl sites for hydroxylation is 1. The fourth-order valence-corrected chi connectivity index (χ4v) is 1.59. The molecule has 0 saturated heterocycles. The van der Waals surface area contributed by atoms with Gasteiger partial charge in [0.25, 0.3) is 0 Å². The largest absolute Gasteiger partial charge is 0.330 e. The lowest BCUT2D eigenvalue weighted by Gasteiger charge is -2.19. The molecule has 2 heteroatoms. The Balaban J connectivity index is 2.91. The standard InChI is InChI=1S/C11H18N2/c1-8(2)11(7-12)10-4-5-13-9(3)6-10/h4-6,8,11H,7,12H2,1-3H3. The van der Waals surface area contributed by atoms with E-state index in [0.717, 1.165) is 5.69 Å². The van der Waals surface area contributed by atoms with E-state index in [-0.39, 0.29) is 0 Å². The SMILES string of the molecule is Cc1cc(C(CN)C(C)C)ccn1. The molecule has 0 aliphatic carbocycles. The molecular formula is C11H18N2. The van der Waals surface area contributed by atoms with Gasteiger partial charge in [0.15, 0.2) is 0 Å². The zero-order valence-corrected chi connectivity index (χ0v) is 8.62. The molecule has 0 amide bonds. The fraction of sp³-hybridized carbons (Fsp3) is 0.545. The summed E-state index contributed by atoms with van der Waals surface area (Å²) in [6, 6.07) is 4.18. The van der Waals surface area contributed by atoms with Gasteiger partial charge in [0.2, 0.25) is 0 Å². The third-order valence-corrected chi connectivity index (χ3v) is 2.41. The highest BCUT2D eigenvalue weighted by Gasteiger charge is 2.13. The maximum absolute atomic E-state index is 5.74. The first-order chi connectivity index (χ1) is 6.15. The van der Waals surface area contributed by atoms with Crippen LogP contribution < -0.4 is 5.73 Å². The molecule has 0 aromatic carbocycles. The predicted molar refractivity (Wildman–Crippen MR) is 55.6 cm³/mol. The smallest absolute Gasteiger partial charge is 0.0375 e. The Labute approximate surface area is 80.2 Å². The van der Waals surface area contributed by atoms with Crippen LogP contribution in [0.4, 0.5) is 0 Å². The molecule has 1 aromatic heterocycles. The molecular weight excluding hydrogens is 160 g/mol. The van der Waals surface area contributed by atoms with Gasteiger partial charge in [-0.25, -0.2) is 0 Å². The van der Waals surface area contributed by atoms with Crippen LogP contribution in [-0.2, 0) is 0 Å². The molecule has 0 aliphatic rings. The van der Waals surface area contributed by atoms with E-state index in [1.165, 1.54) is 5.56 Å². The van der Waals surface area contributed by atoms with E-state index in [0.29, 0.717) is 18.4 Å². The van der Waals surface area contributed by atoms with E-state index < -0.39 is 0 Å². The van der Waals surface area contributed by atoms with Crippen LogP contribution in [0.2, 0.25) is 0 Å². The summed E-state index contributed by atoms with van der Waals surface area (Å²) < 4.78 is 0. The highest BCUT2D eigenvalue weighted by atomic mass is 14.7. The molecule has 0 aliphatic heterocycles. The minimum absolute atomic E-state index is 0.460. The number of hydrogen-bond acceptors (Lipinski definition) is 2. The maximum Gasteiger partial charge on any atom is 0.0375 e. The minimum Gasteiger partial charge on any atom is -0.330 e.